The predicted octanol–water partition coefficient (Wildman–Crippen LogP) is 3.30. The molecule has 0 aromatic heterocycles. The highest BCUT2D eigenvalue weighted by atomic mass is 79.9. The van der Waals surface area contributed by atoms with Gasteiger partial charge in [0.25, 0.3) is 0 Å². The lowest BCUT2D eigenvalue weighted by Crippen LogP contribution is -2.50. The van der Waals surface area contributed by atoms with Gasteiger partial charge in [-0.15, -0.1) is 0 Å². The third-order valence-corrected chi connectivity index (χ3v) is 5.33. The van der Waals surface area contributed by atoms with Crippen molar-refractivity contribution in [2.75, 3.05) is 31.6 Å². The smallest absolute Gasteiger partial charge is 0.0622 e. The van der Waals surface area contributed by atoms with Crippen molar-refractivity contribution >= 4 is 15.9 Å². The van der Waals surface area contributed by atoms with E-state index in [2.05, 4.69) is 41.6 Å². The van der Waals surface area contributed by atoms with Crippen LogP contribution in [0, 0.1) is 5.41 Å². The molecular formula is C13H26BrNO. The van der Waals surface area contributed by atoms with Crippen LogP contribution < -0.4 is 0 Å². The highest BCUT2D eigenvalue weighted by Crippen LogP contribution is 2.31. The number of ether oxygens (including phenoxy) is 1. The summed E-state index contributed by atoms with van der Waals surface area (Å²) in [5.41, 5.74) is 0.449. The van der Waals surface area contributed by atoms with Gasteiger partial charge in [0, 0.05) is 24.5 Å². The van der Waals surface area contributed by atoms with Crippen LogP contribution in [0.4, 0.5) is 0 Å². The molecule has 1 heterocycles. The number of halogens is 1. The van der Waals surface area contributed by atoms with Crippen LogP contribution in [0.1, 0.15) is 40.0 Å². The molecule has 1 aliphatic heterocycles. The summed E-state index contributed by atoms with van der Waals surface area (Å²) in [6.45, 7) is 11.0. The lowest BCUT2D eigenvalue weighted by molar-refractivity contribution is -0.0262. The average molecular weight is 292 g/mol. The molecule has 0 amide bonds. The molecule has 1 aliphatic rings. The van der Waals surface area contributed by atoms with E-state index in [0.29, 0.717) is 11.5 Å². The van der Waals surface area contributed by atoms with Crippen molar-refractivity contribution in [3.63, 3.8) is 0 Å². The molecule has 1 fully saturated rings. The normalized spacial score (nSPS) is 23.6. The van der Waals surface area contributed by atoms with Gasteiger partial charge >= 0.3 is 0 Å². The molecule has 0 aromatic rings. The van der Waals surface area contributed by atoms with Crippen molar-refractivity contribution in [2.45, 2.75) is 46.1 Å². The largest absolute Gasteiger partial charge is 0.378 e. The van der Waals surface area contributed by atoms with E-state index in [-0.39, 0.29) is 0 Å². The Labute approximate surface area is 109 Å². The summed E-state index contributed by atoms with van der Waals surface area (Å²) in [6, 6.07) is 0.630. The van der Waals surface area contributed by atoms with E-state index in [4.69, 9.17) is 4.74 Å². The summed E-state index contributed by atoms with van der Waals surface area (Å²) in [5, 5.41) is 1.11. The molecule has 0 radical (unpaired) electrons. The van der Waals surface area contributed by atoms with Gasteiger partial charge in [-0.05, 0) is 24.7 Å². The zero-order valence-electron chi connectivity index (χ0n) is 11.0. The van der Waals surface area contributed by atoms with Gasteiger partial charge in [0.15, 0.2) is 0 Å². The maximum absolute atomic E-state index is 5.57. The fourth-order valence-corrected chi connectivity index (χ4v) is 3.38. The molecule has 0 spiro atoms. The fourth-order valence-electron chi connectivity index (χ4n) is 2.41. The van der Waals surface area contributed by atoms with E-state index < -0.39 is 0 Å². The number of alkyl halides is 1. The number of morpholine rings is 1. The third kappa shape index (κ3) is 3.44. The lowest BCUT2D eigenvalue weighted by atomic mass is 9.83. The standard InChI is InChI=1S/C13H26BrNO/c1-4-12-9-16-8-7-15(12)11-13(5-2,6-3)10-14/h12H,4-11H2,1-3H3. The first-order chi connectivity index (χ1) is 7.71. The molecule has 1 saturated heterocycles. The van der Waals surface area contributed by atoms with Crippen LogP contribution in [0.5, 0.6) is 0 Å². The second-order valence-corrected chi connectivity index (χ2v) is 5.51. The lowest BCUT2D eigenvalue weighted by Gasteiger charge is -2.42. The number of nitrogens with zero attached hydrogens (tertiary/aromatic N) is 1. The molecule has 1 unspecified atom stereocenters. The highest BCUT2D eigenvalue weighted by molar-refractivity contribution is 9.09. The first-order valence-electron chi connectivity index (χ1n) is 6.59. The molecule has 2 nitrogen and oxygen atoms in total. The zero-order valence-corrected chi connectivity index (χ0v) is 12.6. The van der Waals surface area contributed by atoms with Gasteiger partial charge in [-0.25, -0.2) is 0 Å². The van der Waals surface area contributed by atoms with Gasteiger partial charge in [-0.2, -0.15) is 0 Å². The Kier molecular flexibility index (Phi) is 6.30. The summed E-state index contributed by atoms with van der Waals surface area (Å²) in [4.78, 5) is 2.64. The maximum Gasteiger partial charge on any atom is 0.0622 e. The molecule has 0 saturated carbocycles. The topological polar surface area (TPSA) is 12.5 Å². The Bertz CT molecular complexity index is 186. The van der Waals surface area contributed by atoms with Crippen molar-refractivity contribution < 1.29 is 4.74 Å². The summed E-state index contributed by atoms with van der Waals surface area (Å²) < 4.78 is 5.57. The van der Waals surface area contributed by atoms with Crippen molar-refractivity contribution in [1.29, 1.82) is 0 Å². The molecule has 0 N–H and O–H groups in total. The Morgan fingerprint density at radius 3 is 2.50 bits per heavy atom. The van der Waals surface area contributed by atoms with Crippen LogP contribution in [0.3, 0.4) is 0 Å². The minimum atomic E-state index is 0.449. The summed E-state index contributed by atoms with van der Waals surface area (Å²) in [7, 11) is 0. The van der Waals surface area contributed by atoms with E-state index >= 15 is 0 Å². The van der Waals surface area contributed by atoms with Gasteiger partial charge < -0.3 is 4.74 Å². The monoisotopic (exact) mass is 291 g/mol. The van der Waals surface area contributed by atoms with Crippen LogP contribution in [-0.2, 0) is 4.74 Å². The van der Waals surface area contributed by atoms with Crippen LogP contribution in [-0.4, -0.2) is 42.6 Å². The van der Waals surface area contributed by atoms with Crippen molar-refractivity contribution in [2.24, 2.45) is 5.41 Å². The Morgan fingerprint density at radius 2 is 2.00 bits per heavy atom. The summed E-state index contributed by atoms with van der Waals surface area (Å²) in [6.07, 6.45) is 3.71. The molecule has 3 heteroatoms. The van der Waals surface area contributed by atoms with E-state index in [0.717, 1.165) is 25.1 Å². The minimum absolute atomic E-state index is 0.449. The molecule has 0 bridgehead atoms. The Hall–Kier alpha value is 0.400. The SMILES string of the molecule is CCC1COCCN1CC(CC)(CC)CBr. The summed E-state index contributed by atoms with van der Waals surface area (Å²) >= 11 is 3.70. The molecule has 96 valence electrons. The van der Waals surface area contributed by atoms with Gasteiger partial charge in [-0.1, -0.05) is 36.7 Å². The molecule has 1 rings (SSSR count). The molecule has 0 aliphatic carbocycles. The fraction of sp³-hybridized carbons (Fsp3) is 1.00. The maximum atomic E-state index is 5.57. The predicted molar refractivity (Wildman–Crippen MR) is 73.3 cm³/mol. The quantitative estimate of drug-likeness (QED) is 0.696. The van der Waals surface area contributed by atoms with Crippen LogP contribution >= 0.6 is 15.9 Å². The first kappa shape index (κ1) is 14.5. The van der Waals surface area contributed by atoms with Gasteiger partial charge in [0.2, 0.25) is 0 Å². The molecular weight excluding hydrogens is 266 g/mol. The Morgan fingerprint density at radius 1 is 1.31 bits per heavy atom. The van der Waals surface area contributed by atoms with E-state index in [1.54, 1.807) is 0 Å². The van der Waals surface area contributed by atoms with E-state index in [1.165, 1.54) is 25.8 Å². The second kappa shape index (κ2) is 6.97. The summed E-state index contributed by atoms with van der Waals surface area (Å²) in [5.74, 6) is 0. The van der Waals surface area contributed by atoms with Gasteiger partial charge in [0.1, 0.15) is 0 Å². The highest BCUT2D eigenvalue weighted by Gasteiger charge is 2.31. The second-order valence-electron chi connectivity index (χ2n) is 4.95. The van der Waals surface area contributed by atoms with Crippen LogP contribution in [0.25, 0.3) is 0 Å². The van der Waals surface area contributed by atoms with Gasteiger partial charge in [-0.3, -0.25) is 4.90 Å². The molecule has 16 heavy (non-hydrogen) atoms. The number of rotatable bonds is 6. The molecule has 1 atom stereocenters. The molecule has 0 aromatic carbocycles. The third-order valence-electron chi connectivity index (χ3n) is 4.14. The van der Waals surface area contributed by atoms with Crippen LogP contribution in [0.2, 0.25) is 0 Å². The Balaban J connectivity index is 2.61. The average Bonchev–Trinajstić information content (AvgIpc) is 2.36. The number of hydrogen-bond acceptors (Lipinski definition) is 2. The number of hydrogen-bond donors (Lipinski definition) is 0. The van der Waals surface area contributed by atoms with Crippen LogP contribution in [0.15, 0.2) is 0 Å². The van der Waals surface area contributed by atoms with E-state index in [1.807, 2.05) is 0 Å². The van der Waals surface area contributed by atoms with Crippen molar-refractivity contribution in [3.05, 3.63) is 0 Å². The van der Waals surface area contributed by atoms with Crippen molar-refractivity contribution in [3.8, 4) is 0 Å². The minimum Gasteiger partial charge on any atom is -0.378 e. The van der Waals surface area contributed by atoms with E-state index in [9.17, 15) is 0 Å². The van der Waals surface area contributed by atoms with Crippen molar-refractivity contribution in [1.82, 2.24) is 4.90 Å². The first-order valence-corrected chi connectivity index (χ1v) is 7.71. The zero-order chi connectivity index (χ0) is 12.0. The van der Waals surface area contributed by atoms with Gasteiger partial charge in [0.05, 0.1) is 13.2 Å².